The summed E-state index contributed by atoms with van der Waals surface area (Å²) in [6.07, 6.45) is 0.193. The molecule has 230 valence electrons. The number of rotatable bonds is 12. The van der Waals surface area contributed by atoms with Crippen LogP contribution in [-0.4, -0.2) is 43.8 Å². The molecule has 1 unspecified atom stereocenters. The van der Waals surface area contributed by atoms with Crippen LogP contribution in [-0.2, 0) is 32.6 Å². The smallest absolute Gasteiger partial charge is 0.264 e. The summed E-state index contributed by atoms with van der Waals surface area (Å²) in [5.74, 6) is -0.966. The van der Waals surface area contributed by atoms with Gasteiger partial charge in [-0.25, -0.2) is 8.42 Å². The fourth-order valence-corrected chi connectivity index (χ4v) is 6.51. The second kappa shape index (κ2) is 14.9. The van der Waals surface area contributed by atoms with Crippen LogP contribution in [0.25, 0.3) is 0 Å². The van der Waals surface area contributed by atoms with E-state index in [4.69, 9.17) is 34.8 Å². The average Bonchev–Trinajstić information content (AvgIpc) is 3.00. The quantitative estimate of drug-likeness (QED) is 0.176. The van der Waals surface area contributed by atoms with Gasteiger partial charge in [0, 0.05) is 24.0 Å². The summed E-state index contributed by atoms with van der Waals surface area (Å²) in [5, 5.41) is 3.97. The van der Waals surface area contributed by atoms with Crippen LogP contribution in [0.2, 0.25) is 15.1 Å². The number of hydrogen-bond donors (Lipinski definition) is 1. The first kappa shape index (κ1) is 33.3. The van der Waals surface area contributed by atoms with Gasteiger partial charge in [0.2, 0.25) is 11.8 Å². The van der Waals surface area contributed by atoms with E-state index >= 15 is 0 Å². The molecule has 0 aliphatic carbocycles. The van der Waals surface area contributed by atoms with Crippen molar-refractivity contribution in [1.82, 2.24) is 10.2 Å². The molecule has 1 atom stereocenters. The Hall–Kier alpha value is -3.56. The van der Waals surface area contributed by atoms with Crippen LogP contribution in [0, 0.1) is 0 Å². The zero-order chi connectivity index (χ0) is 31.9. The van der Waals surface area contributed by atoms with Crippen LogP contribution in [0.3, 0.4) is 0 Å². The molecule has 0 bridgehead atoms. The topological polar surface area (TPSA) is 86.8 Å². The molecule has 4 aromatic rings. The molecular formula is C33H32Cl3N3O4S. The fraction of sp³-hybridized carbons (Fsp3) is 0.212. The number of halogens is 3. The van der Waals surface area contributed by atoms with E-state index in [2.05, 4.69) is 5.32 Å². The van der Waals surface area contributed by atoms with E-state index in [-0.39, 0.29) is 40.5 Å². The van der Waals surface area contributed by atoms with Crippen molar-refractivity contribution in [1.29, 1.82) is 0 Å². The van der Waals surface area contributed by atoms with Crippen molar-refractivity contribution in [3.8, 4) is 0 Å². The van der Waals surface area contributed by atoms with Gasteiger partial charge in [-0.1, -0.05) is 89.4 Å². The summed E-state index contributed by atoms with van der Waals surface area (Å²) >= 11 is 18.6. The molecule has 4 aromatic carbocycles. The van der Waals surface area contributed by atoms with Crippen molar-refractivity contribution >= 4 is 62.3 Å². The molecule has 0 fully saturated rings. The van der Waals surface area contributed by atoms with E-state index in [1.165, 1.54) is 29.2 Å². The molecule has 44 heavy (non-hydrogen) atoms. The Bertz CT molecular complexity index is 1690. The minimum atomic E-state index is -4.20. The predicted octanol–water partition coefficient (Wildman–Crippen LogP) is 7.01. The van der Waals surface area contributed by atoms with E-state index in [1.807, 2.05) is 44.2 Å². The molecule has 0 saturated heterocycles. The molecule has 0 aliphatic rings. The van der Waals surface area contributed by atoms with Crippen molar-refractivity contribution in [2.24, 2.45) is 0 Å². The van der Waals surface area contributed by atoms with E-state index in [0.29, 0.717) is 15.6 Å². The second-order valence-corrected chi connectivity index (χ2v) is 13.6. The highest BCUT2D eigenvalue weighted by Gasteiger charge is 2.34. The Labute approximate surface area is 273 Å². The first-order valence-electron chi connectivity index (χ1n) is 13.9. The van der Waals surface area contributed by atoms with E-state index in [1.54, 1.807) is 48.5 Å². The Balaban J connectivity index is 1.81. The monoisotopic (exact) mass is 671 g/mol. The summed E-state index contributed by atoms with van der Waals surface area (Å²) < 4.78 is 29.0. The third-order valence-corrected chi connectivity index (χ3v) is 9.54. The van der Waals surface area contributed by atoms with Gasteiger partial charge in [-0.2, -0.15) is 0 Å². The summed E-state index contributed by atoms with van der Waals surface area (Å²) in [7, 11) is -4.20. The number of carbonyl (C=O) groups excluding carboxylic acids is 2. The zero-order valence-electron chi connectivity index (χ0n) is 24.2. The molecule has 0 spiro atoms. The molecule has 0 radical (unpaired) electrons. The van der Waals surface area contributed by atoms with Crippen molar-refractivity contribution in [2.75, 3.05) is 10.8 Å². The highest BCUT2D eigenvalue weighted by Crippen LogP contribution is 2.27. The zero-order valence-corrected chi connectivity index (χ0v) is 27.2. The number of nitrogens with zero attached hydrogens (tertiary/aromatic N) is 2. The molecule has 0 aliphatic heterocycles. The van der Waals surface area contributed by atoms with Gasteiger partial charge >= 0.3 is 0 Å². The predicted molar refractivity (Wildman–Crippen MR) is 177 cm³/mol. The Morgan fingerprint density at radius 2 is 1.39 bits per heavy atom. The average molecular weight is 673 g/mol. The number of hydrogen-bond acceptors (Lipinski definition) is 4. The first-order chi connectivity index (χ1) is 21.0. The lowest BCUT2D eigenvalue weighted by Gasteiger charge is -2.34. The van der Waals surface area contributed by atoms with Crippen LogP contribution in [0.5, 0.6) is 0 Å². The molecule has 2 amide bonds. The van der Waals surface area contributed by atoms with Crippen molar-refractivity contribution in [3.63, 3.8) is 0 Å². The van der Waals surface area contributed by atoms with Crippen LogP contribution < -0.4 is 9.62 Å². The van der Waals surface area contributed by atoms with Gasteiger partial charge in [-0.15, -0.1) is 0 Å². The number of benzene rings is 4. The van der Waals surface area contributed by atoms with Crippen LogP contribution in [0.1, 0.15) is 25.0 Å². The van der Waals surface area contributed by atoms with Crippen molar-refractivity contribution < 1.29 is 18.0 Å². The lowest BCUT2D eigenvalue weighted by Crippen LogP contribution is -2.54. The number of carbonyl (C=O) groups is 2. The summed E-state index contributed by atoms with van der Waals surface area (Å²) in [4.78, 5) is 29.5. The highest BCUT2D eigenvalue weighted by molar-refractivity contribution is 7.92. The molecule has 4 rings (SSSR count). The third kappa shape index (κ3) is 8.54. The van der Waals surface area contributed by atoms with Crippen LogP contribution >= 0.6 is 34.8 Å². The highest BCUT2D eigenvalue weighted by atomic mass is 35.5. The molecular weight excluding hydrogens is 641 g/mol. The molecule has 1 N–H and O–H groups in total. The summed E-state index contributed by atoms with van der Waals surface area (Å²) in [5.41, 5.74) is 1.69. The molecule has 7 nitrogen and oxygen atoms in total. The SMILES string of the molecule is CC(C)NC(=O)C(Cc1ccccc1)N(Cc1ccc(Cl)c(Cl)c1)C(=O)CN(c1ccc(Cl)cc1)S(=O)(=O)c1ccccc1. The number of anilines is 1. The summed E-state index contributed by atoms with van der Waals surface area (Å²) in [6, 6.07) is 27.1. The van der Waals surface area contributed by atoms with E-state index < -0.39 is 28.5 Å². The first-order valence-corrected chi connectivity index (χ1v) is 16.4. The van der Waals surface area contributed by atoms with Gasteiger partial charge in [-0.05, 0) is 73.5 Å². The molecule has 0 saturated carbocycles. The minimum Gasteiger partial charge on any atom is -0.352 e. The van der Waals surface area contributed by atoms with Gasteiger partial charge in [0.25, 0.3) is 10.0 Å². The normalized spacial score (nSPS) is 12.0. The van der Waals surface area contributed by atoms with Gasteiger partial charge in [0.05, 0.1) is 20.6 Å². The van der Waals surface area contributed by atoms with Crippen molar-refractivity contribution in [2.45, 2.75) is 43.8 Å². The van der Waals surface area contributed by atoms with Crippen LogP contribution in [0.15, 0.2) is 108 Å². The van der Waals surface area contributed by atoms with Crippen LogP contribution in [0.4, 0.5) is 5.69 Å². The number of sulfonamides is 1. The van der Waals surface area contributed by atoms with Gasteiger partial charge in [0.1, 0.15) is 12.6 Å². The Morgan fingerprint density at radius 1 is 0.773 bits per heavy atom. The molecule has 11 heteroatoms. The van der Waals surface area contributed by atoms with Gasteiger partial charge in [0.15, 0.2) is 0 Å². The standard InChI is InChI=1S/C33H32Cl3N3O4S/c1-23(2)37-33(41)31(20-24-9-5-3-6-10-24)38(21-25-13-18-29(35)30(36)19-25)32(40)22-39(27-16-14-26(34)15-17-27)44(42,43)28-11-7-4-8-12-28/h3-19,23,31H,20-22H2,1-2H3,(H,37,41). The maximum atomic E-state index is 14.4. The van der Waals surface area contributed by atoms with E-state index in [9.17, 15) is 18.0 Å². The second-order valence-electron chi connectivity index (χ2n) is 10.4. The summed E-state index contributed by atoms with van der Waals surface area (Å²) in [6.45, 7) is 3.05. The Kier molecular flexibility index (Phi) is 11.3. The van der Waals surface area contributed by atoms with Crippen molar-refractivity contribution in [3.05, 3.63) is 129 Å². The van der Waals surface area contributed by atoms with Gasteiger partial charge < -0.3 is 10.2 Å². The number of nitrogens with one attached hydrogen (secondary N) is 1. The molecule has 0 aromatic heterocycles. The largest absolute Gasteiger partial charge is 0.352 e. The maximum Gasteiger partial charge on any atom is 0.264 e. The minimum absolute atomic E-state index is 0.0113. The maximum absolute atomic E-state index is 14.4. The lowest BCUT2D eigenvalue weighted by atomic mass is 10.0. The lowest BCUT2D eigenvalue weighted by molar-refractivity contribution is -0.140. The molecule has 0 heterocycles. The third-order valence-electron chi connectivity index (χ3n) is 6.76. The Morgan fingerprint density at radius 3 is 1.98 bits per heavy atom. The number of amides is 2. The fourth-order valence-electron chi connectivity index (χ4n) is 4.63. The van der Waals surface area contributed by atoms with E-state index in [0.717, 1.165) is 9.87 Å². The van der Waals surface area contributed by atoms with Gasteiger partial charge in [-0.3, -0.25) is 13.9 Å².